The van der Waals surface area contributed by atoms with E-state index < -0.39 is 10.0 Å². The molecule has 0 radical (unpaired) electrons. The molecule has 3 aromatic rings. The first-order valence-electron chi connectivity index (χ1n) is 10.1. The van der Waals surface area contributed by atoms with Crippen LogP contribution in [0.4, 0.5) is 11.6 Å². The Hall–Kier alpha value is -3.92. The Morgan fingerprint density at radius 2 is 1.79 bits per heavy atom. The van der Waals surface area contributed by atoms with Crippen molar-refractivity contribution in [1.82, 2.24) is 9.97 Å². The number of rotatable bonds is 10. The van der Waals surface area contributed by atoms with Crippen molar-refractivity contribution in [3.63, 3.8) is 0 Å². The van der Waals surface area contributed by atoms with Gasteiger partial charge in [-0.3, -0.25) is 4.79 Å². The van der Waals surface area contributed by atoms with Gasteiger partial charge in [0, 0.05) is 24.2 Å². The Bertz CT molecular complexity index is 1210. The first kappa shape index (κ1) is 23.7. The van der Waals surface area contributed by atoms with Gasteiger partial charge in [-0.25, -0.2) is 23.1 Å². The zero-order valence-corrected chi connectivity index (χ0v) is 19.0. The van der Waals surface area contributed by atoms with Crippen LogP contribution < -0.4 is 19.5 Å². The van der Waals surface area contributed by atoms with Crippen LogP contribution in [0.15, 0.2) is 71.9 Å². The number of nitrogens with one attached hydrogen (secondary N) is 2. The summed E-state index contributed by atoms with van der Waals surface area (Å²) in [5, 5.41) is 2.69. The van der Waals surface area contributed by atoms with Crippen LogP contribution in [0.1, 0.15) is 18.9 Å². The van der Waals surface area contributed by atoms with Crippen LogP contribution in [0.25, 0.3) is 6.08 Å². The highest BCUT2D eigenvalue weighted by Gasteiger charge is 2.15. The number of sulfonamides is 1. The number of carbonyl (C=O) groups excluding carboxylic acids is 1. The second-order valence-electron chi connectivity index (χ2n) is 6.78. The molecule has 2 N–H and O–H groups in total. The minimum absolute atomic E-state index is 0.0148. The molecule has 1 amide bonds. The number of ether oxygens (including phenoxy) is 2. The van der Waals surface area contributed by atoms with Gasteiger partial charge in [-0.2, -0.15) is 0 Å². The molecule has 1 aromatic heterocycles. The number of amides is 1. The summed E-state index contributed by atoms with van der Waals surface area (Å²) >= 11 is 0. The molecule has 0 aliphatic heterocycles. The summed E-state index contributed by atoms with van der Waals surface area (Å²) in [5.74, 6) is 0.829. The van der Waals surface area contributed by atoms with Crippen LogP contribution in [0.2, 0.25) is 0 Å². The number of methoxy groups -OCH3 is 1. The van der Waals surface area contributed by atoms with Crippen molar-refractivity contribution in [3.8, 4) is 11.5 Å². The summed E-state index contributed by atoms with van der Waals surface area (Å²) in [7, 11) is -2.29. The van der Waals surface area contributed by atoms with Crippen LogP contribution in [0.3, 0.4) is 0 Å². The molecule has 0 bridgehead atoms. The summed E-state index contributed by atoms with van der Waals surface area (Å²) < 4.78 is 38.1. The number of anilines is 2. The predicted octanol–water partition coefficient (Wildman–Crippen LogP) is 3.73. The second kappa shape index (κ2) is 11.1. The summed E-state index contributed by atoms with van der Waals surface area (Å²) in [6, 6.07) is 12.7. The molecule has 0 fully saturated rings. The lowest BCUT2D eigenvalue weighted by atomic mass is 10.2. The molecule has 1 heterocycles. The third-order valence-corrected chi connectivity index (χ3v) is 5.64. The quantitative estimate of drug-likeness (QED) is 0.435. The maximum absolute atomic E-state index is 12.4. The van der Waals surface area contributed by atoms with Gasteiger partial charge in [-0.1, -0.05) is 13.0 Å². The van der Waals surface area contributed by atoms with Crippen molar-refractivity contribution < 1.29 is 22.7 Å². The fourth-order valence-electron chi connectivity index (χ4n) is 2.72. The first-order valence-corrected chi connectivity index (χ1v) is 11.6. The molecular formula is C23H24N4O5S. The molecule has 0 aliphatic carbocycles. The lowest BCUT2D eigenvalue weighted by molar-refractivity contribution is -0.111. The first-order chi connectivity index (χ1) is 15.9. The molecule has 2 aromatic carbocycles. The molecule has 0 unspecified atom stereocenters. The number of nitrogens with zero attached hydrogens (tertiary/aromatic N) is 2. The highest BCUT2D eigenvalue weighted by Crippen LogP contribution is 2.28. The normalized spacial score (nSPS) is 11.2. The number of aromatic nitrogens is 2. The van der Waals surface area contributed by atoms with Crippen LogP contribution in [0, 0.1) is 0 Å². The molecule has 3 rings (SSSR count). The van der Waals surface area contributed by atoms with Crippen molar-refractivity contribution in [3.05, 3.63) is 72.6 Å². The smallest absolute Gasteiger partial charge is 0.264 e. The van der Waals surface area contributed by atoms with E-state index in [0.717, 1.165) is 12.0 Å². The molecule has 10 heteroatoms. The monoisotopic (exact) mass is 468 g/mol. The summed E-state index contributed by atoms with van der Waals surface area (Å²) in [6.07, 6.45) is 6.77. The lowest BCUT2D eigenvalue weighted by Gasteiger charge is -2.10. The van der Waals surface area contributed by atoms with Crippen LogP contribution >= 0.6 is 0 Å². The van der Waals surface area contributed by atoms with Crippen LogP contribution in [-0.4, -0.2) is 38.0 Å². The van der Waals surface area contributed by atoms with E-state index >= 15 is 0 Å². The fourth-order valence-corrected chi connectivity index (χ4v) is 3.68. The van der Waals surface area contributed by atoms with Crippen LogP contribution in [-0.2, 0) is 14.8 Å². The fraction of sp³-hybridized carbons (Fsp3) is 0.174. The largest absolute Gasteiger partial charge is 0.493 e. The van der Waals surface area contributed by atoms with E-state index in [1.165, 1.54) is 42.7 Å². The van der Waals surface area contributed by atoms with Gasteiger partial charge < -0.3 is 14.8 Å². The molecular weight excluding hydrogens is 444 g/mol. The predicted molar refractivity (Wildman–Crippen MR) is 126 cm³/mol. The molecule has 172 valence electrons. The van der Waals surface area contributed by atoms with Gasteiger partial charge in [0.25, 0.3) is 10.0 Å². The van der Waals surface area contributed by atoms with Crippen molar-refractivity contribution in [2.24, 2.45) is 0 Å². The zero-order chi connectivity index (χ0) is 23.7. The van der Waals surface area contributed by atoms with Crippen LogP contribution in [0.5, 0.6) is 11.5 Å². The van der Waals surface area contributed by atoms with Gasteiger partial charge in [-0.05, 0) is 60.5 Å². The number of carbonyl (C=O) groups is 1. The van der Waals surface area contributed by atoms with Gasteiger partial charge in [0.2, 0.25) is 11.9 Å². The van der Waals surface area contributed by atoms with Crippen molar-refractivity contribution >= 4 is 33.6 Å². The van der Waals surface area contributed by atoms with E-state index in [1.807, 2.05) is 13.0 Å². The lowest BCUT2D eigenvalue weighted by Crippen LogP contribution is -2.15. The van der Waals surface area contributed by atoms with E-state index in [9.17, 15) is 13.2 Å². The van der Waals surface area contributed by atoms with E-state index in [4.69, 9.17) is 9.47 Å². The molecule has 0 aliphatic rings. The van der Waals surface area contributed by atoms with Gasteiger partial charge in [-0.15, -0.1) is 0 Å². The highest BCUT2D eigenvalue weighted by molar-refractivity contribution is 7.92. The van der Waals surface area contributed by atoms with Gasteiger partial charge in [0.15, 0.2) is 11.5 Å². The zero-order valence-electron chi connectivity index (χ0n) is 18.2. The maximum atomic E-state index is 12.4. The SMILES string of the molecule is CCCOc1ccc(C=CC(=O)Nc2ccc(S(=O)(=O)Nc3ncccn3)cc2)cc1OC. The van der Waals surface area contributed by atoms with E-state index in [2.05, 4.69) is 20.0 Å². The Kier molecular flexibility index (Phi) is 7.98. The Morgan fingerprint density at radius 1 is 1.06 bits per heavy atom. The summed E-state index contributed by atoms with van der Waals surface area (Å²) in [6.45, 7) is 2.61. The Balaban J connectivity index is 1.62. The topological polar surface area (TPSA) is 120 Å². The van der Waals surface area contributed by atoms with Crippen molar-refractivity contribution in [2.75, 3.05) is 23.8 Å². The van der Waals surface area contributed by atoms with Crippen molar-refractivity contribution in [2.45, 2.75) is 18.2 Å². The van der Waals surface area contributed by atoms with E-state index in [-0.39, 0.29) is 16.8 Å². The van der Waals surface area contributed by atoms with Gasteiger partial charge in [0.1, 0.15) is 0 Å². The molecule has 0 saturated heterocycles. The van der Waals surface area contributed by atoms with E-state index in [0.29, 0.717) is 23.8 Å². The third-order valence-electron chi connectivity index (χ3n) is 4.30. The minimum atomic E-state index is -3.84. The maximum Gasteiger partial charge on any atom is 0.264 e. The molecule has 0 atom stereocenters. The summed E-state index contributed by atoms with van der Waals surface area (Å²) in [5.41, 5.74) is 1.21. The average Bonchev–Trinajstić information content (AvgIpc) is 2.82. The average molecular weight is 469 g/mol. The van der Waals surface area contributed by atoms with Gasteiger partial charge in [0.05, 0.1) is 18.6 Å². The molecule has 0 spiro atoms. The Labute approximate surface area is 192 Å². The number of hydrogen-bond donors (Lipinski definition) is 2. The molecule has 9 nitrogen and oxygen atoms in total. The number of benzene rings is 2. The second-order valence-corrected chi connectivity index (χ2v) is 8.47. The summed E-state index contributed by atoms with van der Waals surface area (Å²) in [4.78, 5) is 20.0. The highest BCUT2D eigenvalue weighted by atomic mass is 32.2. The molecule has 33 heavy (non-hydrogen) atoms. The minimum Gasteiger partial charge on any atom is -0.493 e. The van der Waals surface area contributed by atoms with Crippen molar-refractivity contribution in [1.29, 1.82) is 0 Å². The number of hydrogen-bond acceptors (Lipinski definition) is 7. The standard InChI is InChI=1S/C23H24N4O5S/c1-3-15-32-20-11-5-17(16-21(20)31-2)6-12-22(28)26-18-7-9-19(10-8-18)33(29,30)27-23-24-13-4-14-25-23/h4-14,16H,3,15H2,1-2H3,(H,26,28)(H,24,25,27). The molecule has 0 saturated carbocycles. The van der Waals surface area contributed by atoms with Gasteiger partial charge >= 0.3 is 0 Å². The van der Waals surface area contributed by atoms with E-state index in [1.54, 1.807) is 31.4 Å². The third kappa shape index (κ3) is 6.78. The Morgan fingerprint density at radius 3 is 2.45 bits per heavy atom.